The predicted molar refractivity (Wildman–Crippen MR) is 98.1 cm³/mol. The van der Waals surface area contributed by atoms with Crippen LogP contribution in [-0.4, -0.2) is 48.7 Å². The fourth-order valence-electron chi connectivity index (χ4n) is 3.37. The normalized spacial score (nSPS) is 21.9. The zero-order valence-electron chi connectivity index (χ0n) is 15.3. The van der Waals surface area contributed by atoms with Gasteiger partial charge in [-0.25, -0.2) is 0 Å². The molecule has 134 valence electrons. The molecule has 4 heteroatoms. The Bertz CT molecular complexity index is 527. The molecular weight excluding hydrogens is 300 g/mol. The summed E-state index contributed by atoms with van der Waals surface area (Å²) in [6.45, 7) is 9.52. The third-order valence-electron chi connectivity index (χ3n) is 4.99. The quantitative estimate of drug-likeness (QED) is 0.807. The molecule has 0 spiro atoms. The summed E-state index contributed by atoms with van der Waals surface area (Å²) in [5.41, 5.74) is 2.54. The average Bonchev–Trinajstić information content (AvgIpc) is 2.55. The van der Waals surface area contributed by atoms with Crippen LogP contribution >= 0.6 is 0 Å². The molecule has 1 atom stereocenters. The van der Waals surface area contributed by atoms with Crippen LogP contribution in [0.5, 0.6) is 0 Å². The van der Waals surface area contributed by atoms with Crippen molar-refractivity contribution in [2.75, 3.05) is 32.8 Å². The van der Waals surface area contributed by atoms with Crippen LogP contribution in [0.25, 0.3) is 0 Å². The average molecular weight is 332 g/mol. The van der Waals surface area contributed by atoms with Crippen molar-refractivity contribution in [1.29, 1.82) is 0 Å². The van der Waals surface area contributed by atoms with Gasteiger partial charge in [0, 0.05) is 25.1 Å². The van der Waals surface area contributed by atoms with Crippen LogP contribution in [0.4, 0.5) is 0 Å². The van der Waals surface area contributed by atoms with Crippen LogP contribution < -0.4 is 5.32 Å². The molecule has 1 heterocycles. The fourth-order valence-corrected chi connectivity index (χ4v) is 3.37. The monoisotopic (exact) mass is 332 g/mol. The number of aliphatic hydroxyl groups is 1. The van der Waals surface area contributed by atoms with Crippen molar-refractivity contribution in [2.45, 2.75) is 46.0 Å². The van der Waals surface area contributed by atoms with Crippen molar-refractivity contribution >= 4 is 5.91 Å². The summed E-state index contributed by atoms with van der Waals surface area (Å²) in [6.07, 6.45) is 2.94. The molecule has 0 radical (unpaired) electrons. The third-order valence-corrected chi connectivity index (χ3v) is 4.99. The lowest BCUT2D eigenvalue weighted by Gasteiger charge is -2.38. The summed E-state index contributed by atoms with van der Waals surface area (Å²) < 4.78 is 0. The van der Waals surface area contributed by atoms with Crippen LogP contribution in [0.1, 0.15) is 50.7 Å². The van der Waals surface area contributed by atoms with Crippen LogP contribution in [0.3, 0.4) is 0 Å². The molecular formula is C20H32N2O2. The highest BCUT2D eigenvalue weighted by atomic mass is 16.3. The Morgan fingerprint density at radius 1 is 1.33 bits per heavy atom. The maximum Gasteiger partial charge on any atom is 0.234 e. The minimum atomic E-state index is -0.0588. The molecule has 1 aliphatic heterocycles. The van der Waals surface area contributed by atoms with Crippen molar-refractivity contribution in [2.24, 2.45) is 5.41 Å². The Hall–Kier alpha value is -1.39. The van der Waals surface area contributed by atoms with Crippen LogP contribution in [0, 0.1) is 5.41 Å². The van der Waals surface area contributed by atoms with E-state index in [4.69, 9.17) is 0 Å². The van der Waals surface area contributed by atoms with Gasteiger partial charge in [-0.3, -0.25) is 9.69 Å². The van der Waals surface area contributed by atoms with E-state index in [1.807, 2.05) is 0 Å². The predicted octanol–water partition coefficient (Wildman–Crippen LogP) is 2.56. The van der Waals surface area contributed by atoms with Crippen molar-refractivity contribution in [3.05, 3.63) is 35.4 Å². The Labute approximate surface area is 146 Å². The van der Waals surface area contributed by atoms with Crippen molar-refractivity contribution in [3.63, 3.8) is 0 Å². The van der Waals surface area contributed by atoms with Gasteiger partial charge in [0.15, 0.2) is 0 Å². The zero-order valence-corrected chi connectivity index (χ0v) is 15.3. The Morgan fingerprint density at radius 2 is 2.04 bits per heavy atom. The Morgan fingerprint density at radius 3 is 2.67 bits per heavy atom. The number of carbonyl (C=O) groups is 1. The number of piperidine rings is 1. The van der Waals surface area contributed by atoms with Gasteiger partial charge in [-0.05, 0) is 42.9 Å². The maximum atomic E-state index is 12.1. The molecule has 1 saturated heterocycles. The van der Waals surface area contributed by atoms with Crippen molar-refractivity contribution in [3.8, 4) is 0 Å². The first-order valence-corrected chi connectivity index (χ1v) is 9.11. The van der Waals surface area contributed by atoms with E-state index in [0.29, 0.717) is 19.0 Å². The van der Waals surface area contributed by atoms with Crippen LogP contribution in [0.2, 0.25) is 0 Å². The van der Waals surface area contributed by atoms with E-state index in [1.54, 1.807) is 0 Å². The van der Waals surface area contributed by atoms with Crippen LogP contribution in [-0.2, 0) is 11.2 Å². The summed E-state index contributed by atoms with van der Waals surface area (Å²) in [5.74, 6) is 0.629. The van der Waals surface area contributed by atoms with E-state index in [1.165, 1.54) is 11.1 Å². The lowest BCUT2D eigenvalue weighted by molar-refractivity contribution is -0.123. The molecule has 24 heavy (non-hydrogen) atoms. The number of carbonyl (C=O) groups excluding carboxylic acids is 1. The van der Waals surface area contributed by atoms with E-state index in [0.717, 1.165) is 32.4 Å². The van der Waals surface area contributed by atoms with Gasteiger partial charge < -0.3 is 10.4 Å². The first-order chi connectivity index (χ1) is 11.4. The number of amides is 1. The first-order valence-electron chi connectivity index (χ1n) is 9.11. The maximum absolute atomic E-state index is 12.1. The molecule has 1 fully saturated rings. The summed E-state index contributed by atoms with van der Waals surface area (Å²) in [5, 5.41) is 12.5. The first kappa shape index (κ1) is 18.9. The smallest absolute Gasteiger partial charge is 0.234 e. The molecule has 1 aromatic rings. The molecule has 0 aliphatic carbocycles. The van der Waals surface area contributed by atoms with E-state index in [9.17, 15) is 9.90 Å². The molecule has 0 bridgehead atoms. The summed E-state index contributed by atoms with van der Waals surface area (Å²) >= 11 is 0. The van der Waals surface area contributed by atoms with Gasteiger partial charge in [0.2, 0.25) is 5.91 Å². The van der Waals surface area contributed by atoms with Gasteiger partial charge in [-0.1, -0.05) is 45.0 Å². The number of nitrogens with one attached hydrogen (secondary N) is 1. The van der Waals surface area contributed by atoms with Crippen LogP contribution in [0.15, 0.2) is 24.3 Å². The Kier molecular flexibility index (Phi) is 6.81. The molecule has 1 aromatic carbocycles. The highest BCUT2D eigenvalue weighted by Crippen LogP contribution is 2.28. The molecule has 2 N–H and O–H groups in total. The molecule has 1 amide bonds. The second-order valence-corrected chi connectivity index (χ2v) is 7.78. The van der Waals surface area contributed by atoms with Gasteiger partial charge in [-0.15, -0.1) is 0 Å². The standard InChI is InChI=1S/C20H32N2O2/c1-16(2)18-7-5-17(6-8-18)9-11-21-19(24)13-22-12-4-10-20(3,14-22)15-23/h5-8,16,23H,4,9-15H2,1-3H3,(H,21,24). The molecule has 4 nitrogen and oxygen atoms in total. The Balaban J connectivity index is 1.71. The second-order valence-electron chi connectivity index (χ2n) is 7.78. The zero-order chi connectivity index (χ0) is 17.6. The number of likely N-dealkylation sites (tertiary alicyclic amines) is 1. The largest absolute Gasteiger partial charge is 0.396 e. The topological polar surface area (TPSA) is 52.6 Å². The van der Waals surface area contributed by atoms with E-state index in [2.05, 4.69) is 55.3 Å². The summed E-state index contributed by atoms with van der Waals surface area (Å²) in [7, 11) is 0. The highest BCUT2D eigenvalue weighted by molar-refractivity contribution is 5.78. The summed E-state index contributed by atoms with van der Waals surface area (Å²) in [4.78, 5) is 14.3. The SMILES string of the molecule is CC(C)c1ccc(CCNC(=O)CN2CCCC(C)(CO)C2)cc1. The van der Waals surface area contributed by atoms with E-state index >= 15 is 0 Å². The van der Waals surface area contributed by atoms with Gasteiger partial charge >= 0.3 is 0 Å². The number of hydrogen-bond donors (Lipinski definition) is 2. The molecule has 0 aromatic heterocycles. The minimum absolute atomic E-state index is 0.0588. The lowest BCUT2D eigenvalue weighted by Crippen LogP contribution is -2.47. The number of hydrogen-bond acceptors (Lipinski definition) is 3. The molecule has 1 aliphatic rings. The third kappa shape index (κ3) is 5.60. The lowest BCUT2D eigenvalue weighted by atomic mass is 9.83. The molecule has 0 saturated carbocycles. The molecule has 1 unspecified atom stereocenters. The van der Waals surface area contributed by atoms with Gasteiger partial charge in [0.25, 0.3) is 0 Å². The molecule has 2 rings (SSSR count). The van der Waals surface area contributed by atoms with Crippen molar-refractivity contribution in [1.82, 2.24) is 10.2 Å². The minimum Gasteiger partial charge on any atom is -0.396 e. The van der Waals surface area contributed by atoms with Crippen molar-refractivity contribution < 1.29 is 9.90 Å². The van der Waals surface area contributed by atoms with E-state index < -0.39 is 0 Å². The number of nitrogens with zero attached hydrogens (tertiary/aromatic N) is 1. The van der Waals surface area contributed by atoms with E-state index in [-0.39, 0.29) is 17.9 Å². The van der Waals surface area contributed by atoms with Gasteiger partial charge in [-0.2, -0.15) is 0 Å². The number of rotatable bonds is 7. The highest BCUT2D eigenvalue weighted by Gasteiger charge is 2.30. The summed E-state index contributed by atoms with van der Waals surface area (Å²) in [6, 6.07) is 8.65. The van der Waals surface area contributed by atoms with Gasteiger partial charge in [0.05, 0.1) is 6.54 Å². The second kappa shape index (κ2) is 8.63. The number of benzene rings is 1. The van der Waals surface area contributed by atoms with Gasteiger partial charge in [0.1, 0.15) is 0 Å². The number of aliphatic hydroxyl groups excluding tert-OH is 1. The fraction of sp³-hybridized carbons (Fsp3) is 0.650.